The number of rotatable bonds is 5. The summed E-state index contributed by atoms with van der Waals surface area (Å²) in [5.41, 5.74) is 3.35. The van der Waals surface area contributed by atoms with Gasteiger partial charge >= 0.3 is 0 Å². The number of nitrogens with one attached hydrogen (secondary N) is 3. The predicted molar refractivity (Wildman–Crippen MR) is 86.5 cm³/mol. The Morgan fingerprint density at radius 2 is 2.14 bits per heavy atom. The molecular weight excluding hydrogens is 264 g/mol. The number of aryl methyl sites for hydroxylation is 1. The number of aliphatic hydroxyl groups is 1. The van der Waals surface area contributed by atoms with E-state index in [2.05, 4.69) is 39.7 Å². The molecule has 5 nitrogen and oxygen atoms in total. The summed E-state index contributed by atoms with van der Waals surface area (Å²) in [7, 11) is 0. The fourth-order valence-electron chi connectivity index (χ4n) is 2.62. The molecule has 0 bridgehead atoms. The van der Waals surface area contributed by atoms with Crippen molar-refractivity contribution in [3.63, 3.8) is 0 Å². The highest BCUT2D eigenvalue weighted by Gasteiger charge is 2.13. The first-order valence-corrected chi connectivity index (χ1v) is 7.17. The standard InChI is InChI=1S/C16H20N4O/c1-10-9-18-16(19-11(2)17-7-8-21)14-12-5-3-4-6-13(12)20-15(10)14/h3-6,9,11,17,20-21H,7-8H2,1-2H3,(H,18,19). The molecule has 0 saturated heterocycles. The van der Waals surface area contributed by atoms with Crippen LogP contribution in [0.2, 0.25) is 0 Å². The van der Waals surface area contributed by atoms with Crippen molar-refractivity contribution < 1.29 is 5.11 Å². The van der Waals surface area contributed by atoms with E-state index in [0.717, 1.165) is 27.8 Å². The average molecular weight is 284 g/mol. The van der Waals surface area contributed by atoms with E-state index in [0.29, 0.717) is 6.54 Å². The molecule has 0 aliphatic heterocycles. The third-order valence-electron chi connectivity index (χ3n) is 3.64. The van der Waals surface area contributed by atoms with Crippen LogP contribution in [-0.4, -0.2) is 34.4 Å². The summed E-state index contributed by atoms with van der Waals surface area (Å²) in [5.74, 6) is 0.853. The second-order valence-corrected chi connectivity index (χ2v) is 5.25. The monoisotopic (exact) mass is 284 g/mol. The van der Waals surface area contributed by atoms with Crippen molar-refractivity contribution in [2.24, 2.45) is 0 Å². The maximum absolute atomic E-state index is 8.89. The lowest BCUT2D eigenvalue weighted by atomic mass is 10.1. The van der Waals surface area contributed by atoms with Gasteiger partial charge in [0.2, 0.25) is 0 Å². The van der Waals surface area contributed by atoms with E-state index in [9.17, 15) is 0 Å². The number of aliphatic hydroxyl groups excluding tert-OH is 1. The van der Waals surface area contributed by atoms with Crippen LogP contribution in [0.15, 0.2) is 30.5 Å². The first-order chi connectivity index (χ1) is 10.2. The molecule has 1 unspecified atom stereocenters. The molecule has 1 atom stereocenters. The van der Waals surface area contributed by atoms with Gasteiger partial charge in [0.15, 0.2) is 0 Å². The van der Waals surface area contributed by atoms with E-state index in [1.165, 1.54) is 5.39 Å². The predicted octanol–water partition coefficient (Wildman–Crippen LogP) is 2.36. The van der Waals surface area contributed by atoms with Crippen LogP contribution >= 0.6 is 0 Å². The van der Waals surface area contributed by atoms with E-state index >= 15 is 0 Å². The van der Waals surface area contributed by atoms with Crippen LogP contribution in [0.25, 0.3) is 21.8 Å². The SMILES string of the molecule is Cc1cnc(NC(C)NCCO)c2c1[nH]c1ccccc12. The molecule has 0 aliphatic carbocycles. The Morgan fingerprint density at radius 3 is 2.95 bits per heavy atom. The molecule has 3 rings (SSSR count). The van der Waals surface area contributed by atoms with Crippen LogP contribution in [0.4, 0.5) is 5.82 Å². The zero-order valence-corrected chi connectivity index (χ0v) is 12.3. The van der Waals surface area contributed by atoms with Crippen LogP contribution in [0.5, 0.6) is 0 Å². The molecule has 2 aromatic heterocycles. The smallest absolute Gasteiger partial charge is 0.137 e. The van der Waals surface area contributed by atoms with Gasteiger partial charge in [0.1, 0.15) is 5.82 Å². The molecule has 0 fully saturated rings. The molecule has 0 amide bonds. The molecule has 5 heteroatoms. The fraction of sp³-hybridized carbons (Fsp3) is 0.312. The summed E-state index contributed by atoms with van der Waals surface area (Å²) in [5, 5.41) is 17.7. The molecule has 0 saturated carbocycles. The maximum Gasteiger partial charge on any atom is 0.137 e. The largest absolute Gasteiger partial charge is 0.395 e. The summed E-state index contributed by atoms with van der Waals surface area (Å²) >= 11 is 0. The van der Waals surface area contributed by atoms with E-state index < -0.39 is 0 Å². The van der Waals surface area contributed by atoms with Crippen molar-refractivity contribution in [2.45, 2.75) is 20.0 Å². The number of pyridine rings is 1. The second kappa shape index (κ2) is 5.71. The van der Waals surface area contributed by atoms with Crippen molar-refractivity contribution in [3.05, 3.63) is 36.0 Å². The van der Waals surface area contributed by atoms with Gasteiger partial charge in [-0.05, 0) is 25.5 Å². The van der Waals surface area contributed by atoms with Gasteiger partial charge in [0.25, 0.3) is 0 Å². The van der Waals surface area contributed by atoms with Gasteiger partial charge in [-0.25, -0.2) is 4.98 Å². The van der Waals surface area contributed by atoms with E-state index in [-0.39, 0.29) is 12.8 Å². The minimum absolute atomic E-state index is 0.0317. The molecule has 0 aliphatic rings. The Hall–Kier alpha value is -2.11. The number of benzene rings is 1. The van der Waals surface area contributed by atoms with Gasteiger partial charge < -0.3 is 15.4 Å². The van der Waals surface area contributed by atoms with Gasteiger partial charge in [-0.2, -0.15) is 0 Å². The Balaban J connectivity index is 2.08. The lowest BCUT2D eigenvalue weighted by Crippen LogP contribution is -2.35. The first-order valence-electron chi connectivity index (χ1n) is 7.17. The van der Waals surface area contributed by atoms with Crippen molar-refractivity contribution in [2.75, 3.05) is 18.5 Å². The molecule has 110 valence electrons. The molecular formula is C16H20N4O. The molecule has 3 aromatic rings. The number of hydrogen-bond donors (Lipinski definition) is 4. The summed E-state index contributed by atoms with van der Waals surface area (Å²) < 4.78 is 0. The summed E-state index contributed by atoms with van der Waals surface area (Å²) in [4.78, 5) is 8.01. The highest BCUT2D eigenvalue weighted by atomic mass is 16.3. The summed E-state index contributed by atoms with van der Waals surface area (Å²) in [6.07, 6.45) is 1.91. The van der Waals surface area contributed by atoms with Crippen molar-refractivity contribution in [1.82, 2.24) is 15.3 Å². The fourth-order valence-corrected chi connectivity index (χ4v) is 2.62. The molecule has 0 radical (unpaired) electrons. The number of nitrogens with zero attached hydrogens (tertiary/aromatic N) is 1. The quantitative estimate of drug-likeness (QED) is 0.543. The third-order valence-corrected chi connectivity index (χ3v) is 3.64. The molecule has 4 N–H and O–H groups in total. The lowest BCUT2D eigenvalue weighted by molar-refractivity contribution is 0.288. The lowest BCUT2D eigenvalue weighted by Gasteiger charge is -2.16. The van der Waals surface area contributed by atoms with Crippen LogP contribution in [-0.2, 0) is 0 Å². The summed E-state index contributed by atoms with van der Waals surface area (Å²) in [6.45, 7) is 4.74. The number of hydrogen-bond acceptors (Lipinski definition) is 4. The van der Waals surface area contributed by atoms with Gasteiger partial charge in [0.05, 0.1) is 23.7 Å². The highest BCUT2D eigenvalue weighted by Crippen LogP contribution is 2.31. The minimum Gasteiger partial charge on any atom is -0.395 e. The van der Waals surface area contributed by atoms with Gasteiger partial charge in [0, 0.05) is 23.6 Å². The maximum atomic E-state index is 8.89. The molecule has 0 spiro atoms. The second-order valence-electron chi connectivity index (χ2n) is 5.25. The van der Waals surface area contributed by atoms with E-state index in [4.69, 9.17) is 5.11 Å². The zero-order valence-electron chi connectivity index (χ0n) is 12.3. The normalized spacial score (nSPS) is 12.9. The molecule has 1 aromatic carbocycles. The minimum atomic E-state index is 0.0317. The van der Waals surface area contributed by atoms with Crippen LogP contribution < -0.4 is 10.6 Å². The number of fused-ring (bicyclic) bond motifs is 3. The van der Waals surface area contributed by atoms with Crippen LogP contribution in [0, 0.1) is 6.92 Å². The number of anilines is 1. The van der Waals surface area contributed by atoms with Crippen LogP contribution in [0.3, 0.4) is 0 Å². The van der Waals surface area contributed by atoms with Gasteiger partial charge in [-0.1, -0.05) is 18.2 Å². The van der Waals surface area contributed by atoms with Gasteiger partial charge in [-0.15, -0.1) is 0 Å². The highest BCUT2D eigenvalue weighted by molar-refractivity contribution is 6.13. The number of para-hydroxylation sites is 1. The Bertz CT molecular complexity index is 765. The van der Waals surface area contributed by atoms with Crippen molar-refractivity contribution in [1.29, 1.82) is 0 Å². The Labute approximate surface area is 123 Å². The van der Waals surface area contributed by atoms with Crippen molar-refractivity contribution in [3.8, 4) is 0 Å². The van der Waals surface area contributed by atoms with Crippen LogP contribution in [0.1, 0.15) is 12.5 Å². The molecule has 2 heterocycles. The van der Waals surface area contributed by atoms with E-state index in [1.807, 2.05) is 25.3 Å². The van der Waals surface area contributed by atoms with Crippen molar-refractivity contribution >= 4 is 27.6 Å². The number of H-pyrrole nitrogens is 1. The average Bonchev–Trinajstić information content (AvgIpc) is 2.89. The third kappa shape index (κ3) is 2.57. The number of aromatic amines is 1. The Kier molecular flexibility index (Phi) is 3.77. The first kappa shape index (κ1) is 13.9. The summed E-state index contributed by atoms with van der Waals surface area (Å²) in [6, 6.07) is 8.24. The molecule has 21 heavy (non-hydrogen) atoms. The topological polar surface area (TPSA) is 73.0 Å². The number of aromatic nitrogens is 2. The Morgan fingerprint density at radius 1 is 1.33 bits per heavy atom. The van der Waals surface area contributed by atoms with E-state index in [1.54, 1.807) is 0 Å². The van der Waals surface area contributed by atoms with Gasteiger partial charge in [-0.3, -0.25) is 5.32 Å². The zero-order chi connectivity index (χ0) is 14.8.